The van der Waals surface area contributed by atoms with Crippen molar-refractivity contribution in [2.24, 2.45) is 0 Å². The molecule has 5 heteroatoms. The first-order valence-electron chi connectivity index (χ1n) is 9.68. The number of rotatable bonds is 2. The molecule has 0 radical (unpaired) electrons. The number of nitrogens with one attached hydrogen (secondary N) is 1. The number of H-pyrrole nitrogens is 1. The van der Waals surface area contributed by atoms with Crippen molar-refractivity contribution in [3.05, 3.63) is 60.8 Å². The minimum Gasteiger partial charge on any atom is -0.399 e. The van der Waals surface area contributed by atoms with Crippen LogP contribution in [0.5, 0.6) is 0 Å². The number of para-hydroxylation sites is 2. The fourth-order valence-corrected chi connectivity index (χ4v) is 3.87. The minimum atomic E-state index is -0.403. The number of nitrogens with zero attached hydrogens (tertiary/aromatic N) is 1. The predicted octanol–water partition coefficient (Wildman–Crippen LogP) is 4.68. The third-order valence-corrected chi connectivity index (χ3v) is 6.15. The van der Waals surface area contributed by atoms with Crippen molar-refractivity contribution in [2.45, 2.75) is 38.9 Å². The zero-order valence-corrected chi connectivity index (χ0v) is 16.6. The summed E-state index contributed by atoms with van der Waals surface area (Å²) in [6.07, 6.45) is 1.83. The number of hydrogen-bond acceptors (Lipinski definition) is 3. The van der Waals surface area contributed by atoms with E-state index in [4.69, 9.17) is 9.31 Å². The van der Waals surface area contributed by atoms with Gasteiger partial charge in [-0.25, -0.2) is 0 Å². The third kappa shape index (κ3) is 2.50. The van der Waals surface area contributed by atoms with Crippen molar-refractivity contribution >= 4 is 34.4 Å². The van der Waals surface area contributed by atoms with Crippen molar-refractivity contribution in [2.75, 3.05) is 0 Å². The van der Waals surface area contributed by atoms with Crippen LogP contribution < -0.4 is 5.46 Å². The van der Waals surface area contributed by atoms with E-state index in [0.717, 1.165) is 27.8 Å². The molecule has 28 heavy (non-hydrogen) atoms. The normalized spacial score (nSPS) is 18.2. The molecule has 0 aliphatic carbocycles. The minimum absolute atomic E-state index is 0.370. The number of fused-ring (bicyclic) bond motifs is 3. The molecule has 1 fully saturated rings. The van der Waals surface area contributed by atoms with Gasteiger partial charge in [0.25, 0.3) is 0 Å². The van der Waals surface area contributed by atoms with Gasteiger partial charge in [0.2, 0.25) is 0 Å². The molecular weight excluding hydrogens is 347 g/mol. The van der Waals surface area contributed by atoms with Gasteiger partial charge in [-0.3, -0.25) is 4.98 Å². The van der Waals surface area contributed by atoms with Gasteiger partial charge in [0, 0.05) is 33.5 Å². The Balaban J connectivity index is 1.72. The van der Waals surface area contributed by atoms with Gasteiger partial charge in [0.15, 0.2) is 0 Å². The molecule has 5 rings (SSSR count). The van der Waals surface area contributed by atoms with Gasteiger partial charge >= 0.3 is 7.12 Å². The molecule has 0 bridgehead atoms. The predicted molar refractivity (Wildman–Crippen MR) is 115 cm³/mol. The maximum atomic E-state index is 6.31. The van der Waals surface area contributed by atoms with Crippen LogP contribution in [0.3, 0.4) is 0 Å². The van der Waals surface area contributed by atoms with Crippen LogP contribution in [0.25, 0.3) is 33.1 Å². The smallest absolute Gasteiger partial charge is 0.399 e. The van der Waals surface area contributed by atoms with Crippen molar-refractivity contribution in [1.29, 1.82) is 0 Å². The first-order chi connectivity index (χ1) is 13.4. The Labute approximate surface area is 165 Å². The molecule has 0 amide bonds. The van der Waals surface area contributed by atoms with Crippen molar-refractivity contribution < 1.29 is 9.31 Å². The molecule has 0 saturated carbocycles. The highest BCUT2D eigenvalue weighted by molar-refractivity contribution is 6.65. The third-order valence-electron chi connectivity index (χ3n) is 6.15. The molecule has 0 atom stereocenters. The van der Waals surface area contributed by atoms with Gasteiger partial charge in [-0.15, -0.1) is 0 Å². The summed E-state index contributed by atoms with van der Waals surface area (Å²) in [5.74, 6) is 0. The van der Waals surface area contributed by atoms with E-state index in [2.05, 4.69) is 74.1 Å². The highest BCUT2D eigenvalue weighted by Crippen LogP contribution is 2.38. The molecule has 1 aliphatic rings. The molecule has 1 aliphatic heterocycles. The van der Waals surface area contributed by atoms with Gasteiger partial charge in [-0.2, -0.15) is 0 Å². The Bertz CT molecular complexity index is 1170. The Morgan fingerprint density at radius 3 is 2.14 bits per heavy atom. The Kier molecular flexibility index (Phi) is 3.70. The standard InChI is InChI=1S/C23H23BN2O2/c1-22(2)23(3,4)28-24(27-22)18-12-8-10-16-15-9-7-11-17(20(15)26-21(16)18)19-13-5-6-14-25-19/h5-14,26H,1-4H3. The SMILES string of the molecule is CC1(C)OB(c2cccc3c2[nH]c2c(-c4ccccn4)cccc23)OC1(C)C. The summed E-state index contributed by atoms with van der Waals surface area (Å²) in [6, 6.07) is 18.6. The second-order valence-electron chi connectivity index (χ2n) is 8.43. The zero-order valence-electron chi connectivity index (χ0n) is 16.6. The lowest BCUT2D eigenvalue weighted by atomic mass is 9.78. The molecule has 4 aromatic rings. The van der Waals surface area contributed by atoms with E-state index in [9.17, 15) is 0 Å². The molecule has 4 nitrogen and oxygen atoms in total. The lowest BCUT2D eigenvalue weighted by Gasteiger charge is -2.32. The number of pyridine rings is 1. The highest BCUT2D eigenvalue weighted by atomic mass is 16.7. The van der Waals surface area contributed by atoms with Gasteiger partial charge in [-0.05, 0) is 39.8 Å². The summed E-state index contributed by atoms with van der Waals surface area (Å²) in [7, 11) is -0.403. The number of aromatic nitrogens is 2. The monoisotopic (exact) mass is 370 g/mol. The van der Waals surface area contributed by atoms with Gasteiger partial charge in [-0.1, -0.05) is 42.5 Å². The quantitative estimate of drug-likeness (QED) is 0.521. The summed E-state index contributed by atoms with van der Waals surface area (Å²) in [5.41, 5.74) is 4.47. The van der Waals surface area contributed by atoms with Crippen molar-refractivity contribution in [3.63, 3.8) is 0 Å². The number of hydrogen-bond donors (Lipinski definition) is 1. The van der Waals surface area contributed by atoms with Crippen LogP contribution in [0.2, 0.25) is 0 Å². The van der Waals surface area contributed by atoms with E-state index in [-0.39, 0.29) is 11.2 Å². The first kappa shape index (κ1) is 17.5. The Morgan fingerprint density at radius 2 is 1.46 bits per heavy atom. The molecule has 2 aromatic heterocycles. The van der Waals surface area contributed by atoms with E-state index in [0.29, 0.717) is 0 Å². The van der Waals surface area contributed by atoms with Crippen LogP contribution >= 0.6 is 0 Å². The second kappa shape index (κ2) is 5.93. The summed E-state index contributed by atoms with van der Waals surface area (Å²) < 4.78 is 12.6. The maximum absolute atomic E-state index is 6.31. The number of benzene rings is 2. The molecule has 0 spiro atoms. The largest absolute Gasteiger partial charge is 0.497 e. The molecule has 3 heterocycles. The summed E-state index contributed by atoms with van der Waals surface area (Å²) in [6.45, 7) is 8.32. The van der Waals surface area contributed by atoms with E-state index in [1.165, 1.54) is 10.8 Å². The summed E-state index contributed by atoms with van der Waals surface area (Å²) in [4.78, 5) is 8.18. The van der Waals surface area contributed by atoms with Crippen LogP contribution in [0, 0.1) is 0 Å². The van der Waals surface area contributed by atoms with Gasteiger partial charge in [0.05, 0.1) is 22.4 Å². The molecular formula is C23H23BN2O2. The van der Waals surface area contributed by atoms with E-state index < -0.39 is 7.12 Å². The van der Waals surface area contributed by atoms with Crippen LogP contribution in [0.1, 0.15) is 27.7 Å². The lowest BCUT2D eigenvalue weighted by Crippen LogP contribution is -2.41. The van der Waals surface area contributed by atoms with Crippen molar-refractivity contribution in [3.8, 4) is 11.3 Å². The zero-order chi connectivity index (χ0) is 19.5. The van der Waals surface area contributed by atoms with Crippen molar-refractivity contribution in [1.82, 2.24) is 9.97 Å². The van der Waals surface area contributed by atoms with E-state index >= 15 is 0 Å². The molecule has 1 N–H and O–H groups in total. The molecule has 0 unspecified atom stereocenters. The topological polar surface area (TPSA) is 47.1 Å². The van der Waals surface area contributed by atoms with E-state index in [1.54, 1.807) is 0 Å². The van der Waals surface area contributed by atoms with Gasteiger partial charge < -0.3 is 14.3 Å². The Morgan fingerprint density at radius 1 is 0.786 bits per heavy atom. The summed E-state index contributed by atoms with van der Waals surface area (Å²) in [5, 5.41) is 2.34. The van der Waals surface area contributed by atoms with Crippen LogP contribution in [0.15, 0.2) is 60.8 Å². The molecule has 140 valence electrons. The average Bonchev–Trinajstić information content (AvgIpc) is 3.16. The van der Waals surface area contributed by atoms with Gasteiger partial charge in [0.1, 0.15) is 0 Å². The molecule has 2 aromatic carbocycles. The maximum Gasteiger partial charge on any atom is 0.497 e. The average molecular weight is 370 g/mol. The summed E-state index contributed by atoms with van der Waals surface area (Å²) >= 11 is 0. The highest BCUT2D eigenvalue weighted by Gasteiger charge is 2.52. The fourth-order valence-electron chi connectivity index (χ4n) is 3.87. The molecule has 1 saturated heterocycles. The Hall–Kier alpha value is -2.63. The first-order valence-corrected chi connectivity index (χ1v) is 9.68. The van der Waals surface area contributed by atoms with Crippen LogP contribution in [-0.2, 0) is 9.31 Å². The fraction of sp³-hybridized carbons (Fsp3) is 0.261. The van der Waals surface area contributed by atoms with E-state index in [1.807, 2.05) is 24.4 Å². The number of aromatic amines is 1. The lowest BCUT2D eigenvalue weighted by molar-refractivity contribution is 0.00578. The second-order valence-corrected chi connectivity index (χ2v) is 8.43. The van der Waals surface area contributed by atoms with Crippen LogP contribution in [-0.4, -0.2) is 28.3 Å². The van der Waals surface area contributed by atoms with Crippen LogP contribution in [0.4, 0.5) is 0 Å².